The molecule has 0 saturated carbocycles. The first-order chi connectivity index (χ1) is 27.9. The third-order valence-electron chi connectivity index (χ3n) is 8.76. The molecule has 7 amide bonds. The van der Waals surface area contributed by atoms with Crippen molar-refractivity contribution in [1.82, 2.24) is 31.9 Å². The van der Waals surface area contributed by atoms with Gasteiger partial charge in [0.15, 0.2) is 0 Å². The number of nitrogens with two attached hydrogens (primary N) is 1. The Balaban J connectivity index is 2.33. The minimum atomic E-state index is -1.68. The second-order valence-corrected chi connectivity index (χ2v) is 15.3. The highest BCUT2D eigenvalue weighted by molar-refractivity contribution is 7.98. The highest BCUT2D eigenvalue weighted by Crippen LogP contribution is 2.11. The lowest BCUT2D eigenvalue weighted by molar-refractivity contribution is -0.142. The molecule has 0 aliphatic rings. The zero-order valence-corrected chi connectivity index (χ0v) is 34.4. The maximum Gasteiger partial charge on any atom is 0.305 e. The van der Waals surface area contributed by atoms with Crippen molar-refractivity contribution < 1.29 is 53.4 Å². The number of amides is 7. The molecule has 0 aromatic heterocycles. The minimum Gasteiger partial charge on any atom is -0.481 e. The summed E-state index contributed by atoms with van der Waals surface area (Å²) in [5.74, 6) is -7.89. The molecule has 0 bridgehead atoms. The van der Waals surface area contributed by atoms with Crippen LogP contribution in [0.15, 0.2) is 54.6 Å². The largest absolute Gasteiger partial charge is 0.481 e. The molecule has 0 saturated heterocycles. The highest BCUT2D eigenvalue weighted by Gasteiger charge is 2.32. The number of aryl methyl sites for hydroxylation is 1. The lowest BCUT2D eigenvalue weighted by Gasteiger charge is -2.26. The Kier molecular flexibility index (Phi) is 21.2. The van der Waals surface area contributed by atoms with E-state index in [-0.39, 0.29) is 25.2 Å². The molecule has 19 heteroatoms. The maximum absolute atomic E-state index is 14.0. The number of carboxylic acid groups (broad SMARTS) is 2. The molecule has 0 aliphatic carbocycles. The zero-order valence-electron chi connectivity index (χ0n) is 33.6. The van der Waals surface area contributed by atoms with Crippen LogP contribution < -0.4 is 37.6 Å². The van der Waals surface area contributed by atoms with Crippen molar-refractivity contribution in [2.24, 2.45) is 11.7 Å². The van der Waals surface area contributed by atoms with E-state index in [0.717, 1.165) is 5.56 Å². The normalized spacial score (nSPS) is 13.4. The van der Waals surface area contributed by atoms with E-state index in [1.165, 1.54) is 11.8 Å². The van der Waals surface area contributed by atoms with Crippen molar-refractivity contribution in [3.8, 4) is 0 Å². The van der Waals surface area contributed by atoms with E-state index in [4.69, 9.17) is 10.8 Å². The number of carbonyl (C=O) groups excluding carboxylic acids is 7. The Morgan fingerprint density at radius 2 is 1.15 bits per heavy atom. The molecular formula is C40H55N7O11S. The Hall–Kier alpha value is -5.98. The molecule has 0 radical (unpaired) electrons. The summed E-state index contributed by atoms with van der Waals surface area (Å²) >= 11 is 1.47. The number of aliphatic carboxylic acids is 2. The highest BCUT2D eigenvalue weighted by atomic mass is 32.2. The summed E-state index contributed by atoms with van der Waals surface area (Å²) in [5.41, 5.74) is 7.62. The standard InChI is InChI=1S/C40H55N7O11S/c1-23(2)18-28(38(56)45-27(36(41)54)16-17-59-4)44-33(49)22-42-37(55)29(20-26-12-10-24(3)11-13-26)46-39(57)30(19-25-8-6-5-7-9-25)47-40(58)31(21-35(52)53)43-32(48)14-15-34(50)51/h5-13,23,27-31H,14-22H2,1-4H3,(H2,41,54)(H,42,55)(H,43,48)(H,44,49)(H,45,56)(H,46,57)(H,47,58)(H,50,51)(H,52,53)/t27-,28-,29-,30-,31-/m0/s1. The summed E-state index contributed by atoms with van der Waals surface area (Å²) in [4.78, 5) is 114. The second-order valence-electron chi connectivity index (χ2n) is 14.3. The van der Waals surface area contributed by atoms with Gasteiger partial charge >= 0.3 is 11.9 Å². The van der Waals surface area contributed by atoms with E-state index < -0.39 is 109 Å². The minimum absolute atomic E-state index is 0.0510. The van der Waals surface area contributed by atoms with Crippen molar-refractivity contribution in [1.29, 1.82) is 0 Å². The SMILES string of the molecule is CSCC[C@H](NC(=O)[C@H](CC(C)C)NC(=O)CNC(=O)[C@H](Cc1ccc(C)cc1)NC(=O)[C@H](Cc1ccccc1)NC(=O)[C@H](CC(=O)O)NC(=O)CCC(=O)O)C(N)=O. The van der Waals surface area contributed by atoms with Crippen molar-refractivity contribution in [2.75, 3.05) is 18.6 Å². The molecule has 2 aromatic carbocycles. The fourth-order valence-electron chi connectivity index (χ4n) is 5.68. The van der Waals surface area contributed by atoms with Gasteiger partial charge in [0.1, 0.15) is 30.2 Å². The molecule has 10 N–H and O–H groups in total. The average molecular weight is 842 g/mol. The molecule has 0 heterocycles. The van der Waals surface area contributed by atoms with Crippen molar-refractivity contribution >= 4 is 65.1 Å². The van der Waals surface area contributed by atoms with Gasteiger partial charge < -0.3 is 47.8 Å². The first-order valence-electron chi connectivity index (χ1n) is 19.0. The number of nitrogens with one attached hydrogen (secondary N) is 6. The molecule has 322 valence electrons. The molecule has 0 aliphatic heterocycles. The molecule has 59 heavy (non-hydrogen) atoms. The van der Waals surface area contributed by atoms with Crippen LogP contribution in [0.3, 0.4) is 0 Å². The average Bonchev–Trinajstić information content (AvgIpc) is 3.17. The van der Waals surface area contributed by atoms with E-state index in [1.54, 1.807) is 54.6 Å². The van der Waals surface area contributed by atoms with Gasteiger partial charge in [0, 0.05) is 19.3 Å². The van der Waals surface area contributed by atoms with Crippen LogP contribution in [0.2, 0.25) is 0 Å². The third kappa shape index (κ3) is 19.3. The van der Waals surface area contributed by atoms with Gasteiger partial charge in [-0.3, -0.25) is 43.2 Å². The predicted octanol–water partition coefficient (Wildman–Crippen LogP) is -0.0556. The number of thioether (sulfide) groups is 1. The molecule has 18 nitrogen and oxygen atoms in total. The summed E-state index contributed by atoms with van der Waals surface area (Å²) < 4.78 is 0. The first-order valence-corrected chi connectivity index (χ1v) is 20.4. The lowest BCUT2D eigenvalue weighted by Crippen LogP contribution is -2.58. The van der Waals surface area contributed by atoms with Crippen LogP contribution >= 0.6 is 11.8 Å². The van der Waals surface area contributed by atoms with Crippen molar-refractivity contribution in [3.05, 3.63) is 71.3 Å². The van der Waals surface area contributed by atoms with E-state index in [9.17, 15) is 48.3 Å². The first kappa shape index (κ1) is 49.2. The van der Waals surface area contributed by atoms with Gasteiger partial charge in [-0.2, -0.15) is 11.8 Å². The van der Waals surface area contributed by atoms with Crippen molar-refractivity contribution in [2.45, 2.75) is 95.9 Å². The zero-order chi connectivity index (χ0) is 44.1. The quantitative estimate of drug-likeness (QED) is 0.0603. The Morgan fingerprint density at radius 3 is 1.69 bits per heavy atom. The predicted molar refractivity (Wildman–Crippen MR) is 218 cm³/mol. The number of benzene rings is 2. The number of hydrogen-bond donors (Lipinski definition) is 9. The summed E-state index contributed by atoms with van der Waals surface area (Å²) in [6, 6.07) is 9.14. The lowest BCUT2D eigenvalue weighted by atomic mass is 10.0. The summed E-state index contributed by atoms with van der Waals surface area (Å²) in [6.45, 7) is 4.94. The van der Waals surface area contributed by atoms with E-state index in [0.29, 0.717) is 23.3 Å². The van der Waals surface area contributed by atoms with Crippen molar-refractivity contribution in [3.63, 3.8) is 0 Å². The van der Waals surface area contributed by atoms with Crippen LogP contribution in [0.5, 0.6) is 0 Å². The fraction of sp³-hybridized carbons (Fsp3) is 0.475. The van der Waals surface area contributed by atoms with E-state index in [2.05, 4.69) is 31.9 Å². The van der Waals surface area contributed by atoms with Crippen LogP contribution in [0.25, 0.3) is 0 Å². The van der Waals surface area contributed by atoms with Gasteiger partial charge in [-0.1, -0.05) is 74.0 Å². The Labute approximate surface area is 347 Å². The van der Waals surface area contributed by atoms with Crippen LogP contribution in [0, 0.1) is 12.8 Å². The van der Waals surface area contributed by atoms with Gasteiger partial charge in [0.25, 0.3) is 0 Å². The number of primary amides is 1. The molecule has 2 aromatic rings. The molecule has 0 fully saturated rings. The van der Waals surface area contributed by atoms with Gasteiger partial charge in [0.2, 0.25) is 41.4 Å². The van der Waals surface area contributed by atoms with Crippen LogP contribution in [0.1, 0.15) is 62.6 Å². The third-order valence-corrected chi connectivity index (χ3v) is 9.40. The molecule has 0 spiro atoms. The molecular weight excluding hydrogens is 787 g/mol. The van der Waals surface area contributed by atoms with E-state index >= 15 is 0 Å². The monoisotopic (exact) mass is 841 g/mol. The van der Waals surface area contributed by atoms with Crippen LogP contribution in [0.4, 0.5) is 0 Å². The van der Waals surface area contributed by atoms with E-state index in [1.807, 2.05) is 27.0 Å². The van der Waals surface area contributed by atoms with Gasteiger partial charge in [-0.15, -0.1) is 0 Å². The van der Waals surface area contributed by atoms with Crippen LogP contribution in [-0.2, 0) is 56.0 Å². The van der Waals surface area contributed by atoms with Gasteiger partial charge in [-0.25, -0.2) is 0 Å². The summed E-state index contributed by atoms with van der Waals surface area (Å²) in [6.07, 6.45) is 0.177. The second kappa shape index (κ2) is 25.4. The summed E-state index contributed by atoms with van der Waals surface area (Å²) in [5, 5.41) is 33.4. The Morgan fingerprint density at radius 1 is 0.627 bits per heavy atom. The van der Waals surface area contributed by atoms with Crippen LogP contribution in [-0.4, -0.2) is 112 Å². The maximum atomic E-state index is 14.0. The topological polar surface area (TPSA) is 292 Å². The van der Waals surface area contributed by atoms with Gasteiger partial charge in [-0.05, 0) is 48.8 Å². The number of rotatable bonds is 26. The fourth-order valence-corrected chi connectivity index (χ4v) is 6.15. The molecule has 0 unspecified atom stereocenters. The number of hydrogen-bond acceptors (Lipinski definition) is 10. The number of carboxylic acids is 2. The van der Waals surface area contributed by atoms with Gasteiger partial charge in [0.05, 0.1) is 19.4 Å². The summed E-state index contributed by atoms with van der Waals surface area (Å²) in [7, 11) is 0. The Bertz CT molecular complexity index is 1780. The molecule has 5 atom stereocenters. The molecule has 2 rings (SSSR count). The smallest absolute Gasteiger partial charge is 0.305 e. The number of carbonyl (C=O) groups is 9.